The lowest BCUT2D eigenvalue weighted by Crippen LogP contribution is -2.31. The summed E-state index contributed by atoms with van der Waals surface area (Å²) in [5.41, 5.74) is 0.770. The van der Waals surface area contributed by atoms with Gasteiger partial charge in [0.25, 0.3) is 15.9 Å². The molecule has 1 N–H and O–H groups in total. The highest BCUT2D eigenvalue weighted by Crippen LogP contribution is 2.20. The number of nitrogens with one attached hydrogen (secondary N) is 1. The van der Waals surface area contributed by atoms with Crippen molar-refractivity contribution in [2.75, 3.05) is 17.8 Å². The van der Waals surface area contributed by atoms with Crippen LogP contribution < -0.4 is 4.72 Å². The number of amides is 1. The van der Waals surface area contributed by atoms with E-state index in [1.165, 1.54) is 12.1 Å². The lowest BCUT2D eigenvalue weighted by atomic mass is 10.2. The number of hydrogen-bond donors (Lipinski definition) is 1. The molecule has 0 radical (unpaired) electrons. The van der Waals surface area contributed by atoms with Crippen LogP contribution in [0.2, 0.25) is 5.02 Å². The van der Waals surface area contributed by atoms with E-state index in [0.29, 0.717) is 29.4 Å². The standard InChI is InChI=1S/C19H23ClN2O3S/c1-3-5-13-22(4-2)19(23)15-7-6-8-18(14-15)26(24,25)21-17-11-9-16(20)10-12-17/h6-12,14,21H,3-5,13H2,1-2H3. The SMILES string of the molecule is CCCCN(CC)C(=O)c1cccc(S(=O)(=O)Nc2ccc(Cl)cc2)c1. The van der Waals surface area contributed by atoms with Crippen LogP contribution in [0.25, 0.3) is 0 Å². The van der Waals surface area contributed by atoms with Gasteiger partial charge in [-0.3, -0.25) is 9.52 Å². The predicted molar refractivity (Wildman–Crippen MR) is 105 cm³/mol. The summed E-state index contributed by atoms with van der Waals surface area (Å²) in [5, 5.41) is 0.521. The minimum atomic E-state index is -3.80. The molecule has 0 unspecified atom stereocenters. The van der Waals surface area contributed by atoms with Crippen molar-refractivity contribution >= 4 is 33.2 Å². The molecule has 0 aromatic heterocycles. The predicted octanol–water partition coefficient (Wildman–Crippen LogP) is 4.40. The van der Waals surface area contributed by atoms with Gasteiger partial charge in [0.1, 0.15) is 0 Å². The van der Waals surface area contributed by atoms with E-state index in [9.17, 15) is 13.2 Å². The number of carbonyl (C=O) groups is 1. The van der Waals surface area contributed by atoms with E-state index >= 15 is 0 Å². The highest BCUT2D eigenvalue weighted by Gasteiger charge is 2.19. The fraction of sp³-hybridized carbons (Fsp3) is 0.316. The molecule has 7 heteroatoms. The summed E-state index contributed by atoms with van der Waals surface area (Å²) in [7, 11) is -3.80. The van der Waals surface area contributed by atoms with E-state index in [0.717, 1.165) is 12.8 Å². The Morgan fingerprint density at radius 1 is 1.12 bits per heavy atom. The molecule has 0 fully saturated rings. The number of hydrogen-bond acceptors (Lipinski definition) is 3. The molecule has 140 valence electrons. The molecule has 0 aliphatic heterocycles. The van der Waals surface area contributed by atoms with Crippen molar-refractivity contribution in [3.8, 4) is 0 Å². The van der Waals surface area contributed by atoms with Gasteiger partial charge in [-0.1, -0.05) is 31.0 Å². The number of benzene rings is 2. The second-order valence-electron chi connectivity index (χ2n) is 5.88. The largest absolute Gasteiger partial charge is 0.339 e. The van der Waals surface area contributed by atoms with Crippen molar-refractivity contribution in [1.82, 2.24) is 4.90 Å². The summed E-state index contributed by atoms with van der Waals surface area (Å²) in [6.07, 6.45) is 1.90. The second kappa shape index (κ2) is 9.05. The van der Waals surface area contributed by atoms with Crippen LogP contribution in [0.4, 0.5) is 5.69 Å². The zero-order valence-corrected chi connectivity index (χ0v) is 16.5. The molecule has 5 nitrogen and oxygen atoms in total. The smallest absolute Gasteiger partial charge is 0.261 e. The molecule has 0 aliphatic rings. The zero-order chi connectivity index (χ0) is 19.2. The van der Waals surface area contributed by atoms with Crippen molar-refractivity contribution in [2.45, 2.75) is 31.6 Å². The lowest BCUT2D eigenvalue weighted by Gasteiger charge is -2.21. The highest BCUT2D eigenvalue weighted by atomic mass is 35.5. The molecule has 0 bridgehead atoms. The Labute approximate surface area is 160 Å². The fourth-order valence-electron chi connectivity index (χ4n) is 2.46. The molecule has 26 heavy (non-hydrogen) atoms. The van der Waals surface area contributed by atoms with E-state index in [4.69, 9.17) is 11.6 Å². The number of rotatable bonds is 8. The first-order chi connectivity index (χ1) is 12.4. The molecule has 0 aliphatic carbocycles. The Morgan fingerprint density at radius 2 is 1.81 bits per heavy atom. The Hall–Kier alpha value is -2.05. The van der Waals surface area contributed by atoms with Gasteiger partial charge in [-0.2, -0.15) is 0 Å². The summed E-state index contributed by atoms with van der Waals surface area (Å²) in [6.45, 7) is 5.22. The van der Waals surface area contributed by atoms with E-state index in [1.807, 2.05) is 6.92 Å². The number of sulfonamides is 1. The molecule has 0 atom stereocenters. The monoisotopic (exact) mass is 394 g/mol. The van der Waals surface area contributed by atoms with Crippen LogP contribution in [0.15, 0.2) is 53.4 Å². The first-order valence-electron chi connectivity index (χ1n) is 8.55. The summed E-state index contributed by atoms with van der Waals surface area (Å²) in [4.78, 5) is 14.4. The van der Waals surface area contributed by atoms with Gasteiger partial charge >= 0.3 is 0 Å². The Morgan fingerprint density at radius 3 is 2.42 bits per heavy atom. The van der Waals surface area contributed by atoms with Gasteiger partial charge in [0.15, 0.2) is 0 Å². The number of halogens is 1. The Bertz CT molecular complexity index is 851. The molecule has 0 saturated heterocycles. The molecule has 2 rings (SSSR count). The summed E-state index contributed by atoms with van der Waals surface area (Å²) in [6, 6.07) is 12.5. The van der Waals surface area contributed by atoms with Crippen LogP contribution in [0.1, 0.15) is 37.0 Å². The third kappa shape index (κ3) is 5.22. The fourth-order valence-corrected chi connectivity index (χ4v) is 3.69. The quantitative estimate of drug-likeness (QED) is 0.721. The summed E-state index contributed by atoms with van der Waals surface area (Å²) >= 11 is 5.82. The average Bonchev–Trinajstić information content (AvgIpc) is 2.64. The lowest BCUT2D eigenvalue weighted by molar-refractivity contribution is 0.0762. The number of nitrogens with zero attached hydrogens (tertiary/aromatic N) is 1. The van der Waals surface area contributed by atoms with Crippen molar-refractivity contribution < 1.29 is 13.2 Å². The normalized spacial score (nSPS) is 11.2. The first kappa shape index (κ1) is 20.3. The van der Waals surface area contributed by atoms with E-state index in [1.54, 1.807) is 41.3 Å². The van der Waals surface area contributed by atoms with Gasteiger partial charge < -0.3 is 4.90 Å². The molecule has 0 spiro atoms. The van der Waals surface area contributed by atoms with E-state index < -0.39 is 10.0 Å². The summed E-state index contributed by atoms with van der Waals surface area (Å²) < 4.78 is 27.7. The topological polar surface area (TPSA) is 66.5 Å². The van der Waals surface area contributed by atoms with Crippen LogP contribution in [0, 0.1) is 0 Å². The third-order valence-electron chi connectivity index (χ3n) is 3.94. The third-order valence-corrected chi connectivity index (χ3v) is 5.57. The average molecular weight is 395 g/mol. The van der Waals surface area contributed by atoms with Gasteiger partial charge in [-0.05, 0) is 55.8 Å². The Balaban J connectivity index is 2.24. The van der Waals surface area contributed by atoms with Crippen LogP contribution in [0.3, 0.4) is 0 Å². The van der Waals surface area contributed by atoms with Gasteiger partial charge in [-0.25, -0.2) is 8.42 Å². The Kier molecular flexibility index (Phi) is 7.06. The minimum Gasteiger partial charge on any atom is -0.339 e. The van der Waals surface area contributed by atoms with E-state index in [2.05, 4.69) is 11.6 Å². The molecule has 0 saturated carbocycles. The zero-order valence-electron chi connectivity index (χ0n) is 14.9. The van der Waals surface area contributed by atoms with Crippen LogP contribution in [-0.2, 0) is 10.0 Å². The van der Waals surface area contributed by atoms with Gasteiger partial charge in [0.05, 0.1) is 4.90 Å². The molecule has 1 amide bonds. The highest BCUT2D eigenvalue weighted by molar-refractivity contribution is 7.92. The van der Waals surface area contributed by atoms with Crippen molar-refractivity contribution in [1.29, 1.82) is 0 Å². The van der Waals surface area contributed by atoms with Crippen LogP contribution >= 0.6 is 11.6 Å². The maximum Gasteiger partial charge on any atom is 0.261 e. The van der Waals surface area contributed by atoms with E-state index in [-0.39, 0.29) is 10.8 Å². The van der Waals surface area contributed by atoms with Crippen molar-refractivity contribution in [2.24, 2.45) is 0 Å². The molecular weight excluding hydrogens is 372 g/mol. The first-order valence-corrected chi connectivity index (χ1v) is 10.4. The molecule has 0 heterocycles. The van der Waals surface area contributed by atoms with Crippen LogP contribution in [-0.4, -0.2) is 32.3 Å². The van der Waals surface area contributed by atoms with Crippen molar-refractivity contribution in [3.63, 3.8) is 0 Å². The minimum absolute atomic E-state index is 0.0462. The van der Waals surface area contributed by atoms with Crippen molar-refractivity contribution in [3.05, 3.63) is 59.1 Å². The number of unbranched alkanes of at least 4 members (excludes halogenated alkanes) is 1. The maximum absolute atomic E-state index is 12.7. The maximum atomic E-state index is 12.7. The molecule has 2 aromatic rings. The number of carbonyl (C=O) groups excluding carboxylic acids is 1. The molecule has 2 aromatic carbocycles. The van der Waals surface area contributed by atoms with Gasteiger partial charge in [-0.15, -0.1) is 0 Å². The number of anilines is 1. The molecular formula is C19H23ClN2O3S. The van der Waals surface area contributed by atoms with Crippen LogP contribution in [0.5, 0.6) is 0 Å². The second-order valence-corrected chi connectivity index (χ2v) is 8.00. The van der Waals surface area contributed by atoms with Gasteiger partial charge in [0.2, 0.25) is 0 Å². The summed E-state index contributed by atoms with van der Waals surface area (Å²) in [5.74, 6) is -0.163. The van der Waals surface area contributed by atoms with Gasteiger partial charge in [0, 0.05) is 29.4 Å².